The van der Waals surface area contributed by atoms with E-state index in [1.165, 1.54) is 12.1 Å². The van der Waals surface area contributed by atoms with E-state index in [0.717, 1.165) is 64.0 Å². The van der Waals surface area contributed by atoms with E-state index in [4.69, 9.17) is 0 Å². The number of hydrogen-bond donors (Lipinski definition) is 2. The standard InChI is InChI=1S/C18H26FN3O.2ClH/c19-16-5-3-14(4-6-16)13-22-10-7-17(8-11-22)21-18(23)15-2-1-9-20-12-15;;/h3-6,15,17,20H,1-2,7-13H2,(H,21,23);2*1H. The lowest BCUT2D eigenvalue weighted by molar-refractivity contribution is -0.126. The van der Waals surface area contributed by atoms with Crippen LogP contribution < -0.4 is 10.6 Å². The van der Waals surface area contributed by atoms with E-state index in [-0.39, 0.29) is 42.5 Å². The number of piperidine rings is 2. The van der Waals surface area contributed by atoms with Crippen LogP contribution in [0.2, 0.25) is 0 Å². The Kier molecular flexibility index (Phi) is 9.72. The molecule has 0 radical (unpaired) electrons. The number of benzene rings is 1. The summed E-state index contributed by atoms with van der Waals surface area (Å²) in [6, 6.07) is 7.02. The molecule has 7 heteroatoms. The molecule has 1 amide bonds. The quantitative estimate of drug-likeness (QED) is 0.828. The molecule has 2 fully saturated rings. The van der Waals surface area contributed by atoms with Crippen LogP contribution in [0.5, 0.6) is 0 Å². The number of hydrogen-bond acceptors (Lipinski definition) is 3. The molecule has 0 aliphatic carbocycles. The third kappa shape index (κ3) is 6.74. The molecule has 2 saturated heterocycles. The van der Waals surface area contributed by atoms with Gasteiger partial charge in [0.25, 0.3) is 0 Å². The van der Waals surface area contributed by atoms with Crippen LogP contribution in [-0.2, 0) is 11.3 Å². The maximum absolute atomic E-state index is 12.9. The average molecular weight is 392 g/mol. The predicted molar refractivity (Wildman–Crippen MR) is 103 cm³/mol. The Morgan fingerprint density at radius 2 is 1.84 bits per heavy atom. The molecule has 142 valence electrons. The molecule has 0 saturated carbocycles. The van der Waals surface area contributed by atoms with Gasteiger partial charge in [0.2, 0.25) is 5.91 Å². The normalized spacial score (nSPS) is 21.7. The number of carbonyl (C=O) groups excluding carboxylic acids is 1. The lowest BCUT2D eigenvalue weighted by atomic mass is 9.97. The van der Waals surface area contributed by atoms with Gasteiger partial charge in [0.1, 0.15) is 5.82 Å². The molecule has 2 aliphatic heterocycles. The zero-order valence-electron chi connectivity index (χ0n) is 14.4. The van der Waals surface area contributed by atoms with Crippen molar-refractivity contribution in [2.75, 3.05) is 26.2 Å². The van der Waals surface area contributed by atoms with E-state index < -0.39 is 0 Å². The summed E-state index contributed by atoms with van der Waals surface area (Å²) in [5.41, 5.74) is 1.14. The van der Waals surface area contributed by atoms with Gasteiger partial charge in [-0.3, -0.25) is 9.69 Å². The third-order valence-corrected chi connectivity index (χ3v) is 4.92. The highest BCUT2D eigenvalue weighted by Gasteiger charge is 2.25. The maximum Gasteiger partial charge on any atom is 0.224 e. The lowest BCUT2D eigenvalue weighted by Gasteiger charge is -2.33. The summed E-state index contributed by atoms with van der Waals surface area (Å²) < 4.78 is 12.9. The molecule has 2 aliphatic rings. The summed E-state index contributed by atoms with van der Waals surface area (Å²) >= 11 is 0. The summed E-state index contributed by atoms with van der Waals surface area (Å²) in [5, 5.41) is 6.52. The first-order chi connectivity index (χ1) is 11.2. The molecule has 2 N–H and O–H groups in total. The molecular formula is C18H28Cl2FN3O. The summed E-state index contributed by atoms with van der Waals surface area (Å²) in [7, 11) is 0. The largest absolute Gasteiger partial charge is 0.353 e. The number of nitrogens with zero attached hydrogens (tertiary/aromatic N) is 1. The molecule has 2 heterocycles. The lowest BCUT2D eigenvalue weighted by Crippen LogP contribution is -2.48. The first-order valence-electron chi connectivity index (χ1n) is 8.68. The molecule has 3 rings (SSSR count). The fraction of sp³-hybridized carbons (Fsp3) is 0.611. The van der Waals surface area contributed by atoms with Crippen LogP contribution in [0.1, 0.15) is 31.2 Å². The topological polar surface area (TPSA) is 44.4 Å². The van der Waals surface area contributed by atoms with Gasteiger partial charge in [-0.1, -0.05) is 12.1 Å². The molecule has 0 aromatic heterocycles. The Morgan fingerprint density at radius 1 is 1.16 bits per heavy atom. The van der Waals surface area contributed by atoms with Crippen LogP contribution in [0.3, 0.4) is 0 Å². The monoisotopic (exact) mass is 391 g/mol. The second-order valence-corrected chi connectivity index (χ2v) is 6.73. The fourth-order valence-corrected chi connectivity index (χ4v) is 3.48. The van der Waals surface area contributed by atoms with Crippen LogP contribution in [0, 0.1) is 11.7 Å². The molecular weight excluding hydrogens is 364 g/mol. The highest BCUT2D eigenvalue weighted by atomic mass is 35.5. The predicted octanol–water partition coefficient (Wildman–Crippen LogP) is 2.75. The molecule has 1 aromatic carbocycles. The van der Waals surface area contributed by atoms with Crippen molar-refractivity contribution in [1.29, 1.82) is 0 Å². The maximum atomic E-state index is 12.9. The highest BCUT2D eigenvalue weighted by Crippen LogP contribution is 2.16. The molecule has 0 spiro atoms. The van der Waals surface area contributed by atoms with Crippen LogP contribution in [0.4, 0.5) is 4.39 Å². The third-order valence-electron chi connectivity index (χ3n) is 4.92. The number of nitrogens with one attached hydrogen (secondary N) is 2. The Hall–Kier alpha value is -0.880. The van der Waals surface area contributed by atoms with E-state index in [2.05, 4.69) is 15.5 Å². The van der Waals surface area contributed by atoms with E-state index in [1.807, 2.05) is 12.1 Å². The van der Waals surface area contributed by atoms with Crippen LogP contribution >= 0.6 is 24.8 Å². The van der Waals surface area contributed by atoms with Gasteiger partial charge in [0.15, 0.2) is 0 Å². The van der Waals surface area contributed by atoms with Gasteiger partial charge < -0.3 is 10.6 Å². The van der Waals surface area contributed by atoms with E-state index in [9.17, 15) is 9.18 Å². The fourth-order valence-electron chi connectivity index (χ4n) is 3.48. The first kappa shape index (κ1) is 22.2. The SMILES string of the molecule is Cl.Cl.O=C(NC1CCN(Cc2ccc(F)cc2)CC1)C1CCCNC1. The number of halogens is 3. The molecule has 1 aromatic rings. The van der Waals surface area contributed by atoms with Crippen LogP contribution in [-0.4, -0.2) is 43.0 Å². The van der Waals surface area contributed by atoms with Crippen molar-refractivity contribution in [3.63, 3.8) is 0 Å². The van der Waals surface area contributed by atoms with Crippen LogP contribution in [0.15, 0.2) is 24.3 Å². The molecule has 25 heavy (non-hydrogen) atoms. The average Bonchev–Trinajstić information content (AvgIpc) is 2.59. The van der Waals surface area contributed by atoms with Crippen molar-refractivity contribution in [3.05, 3.63) is 35.6 Å². The van der Waals surface area contributed by atoms with E-state index >= 15 is 0 Å². The zero-order valence-corrected chi connectivity index (χ0v) is 16.0. The Bertz CT molecular complexity index is 516. The number of likely N-dealkylation sites (tertiary alicyclic amines) is 1. The van der Waals surface area contributed by atoms with Gasteiger partial charge >= 0.3 is 0 Å². The number of amides is 1. The van der Waals surface area contributed by atoms with Gasteiger partial charge in [-0.25, -0.2) is 4.39 Å². The van der Waals surface area contributed by atoms with E-state index in [1.54, 1.807) is 0 Å². The minimum atomic E-state index is -0.188. The minimum Gasteiger partial charge on any atom is -0.353 e. The Morgan fingerprint density at radius 3 is 2.44 bits per heavy atom. The van der Waals surface area contributed by atoms with Gasteiger partial charge in [-0.15, -0.1) is 24.8 Å². The minimum absolute atomic E-state index is 0. The molecule has 4 nitrogen and oxygen atoms in total. The van der Waals surface area contributed by atoms with Crippen molar-refractivity contribution in [2.45, 2.75) is 38.3 Å². The van der Waals surface area contributed by atoms with Gasteiger partial charge in [-0.2, -0.15) is 0 Å². The van der Waals surface area contributed by atoms with E-state index in [0.29, 0.717) is 6.04 Å². The van der Waals surface area contributed by atoms with Crippen molar-refractivity contribution in [1.82, 2.24) is 15.5 Å². The molecule has 1 atom stereocenters. The first-order valence-corrected chi connectivity index (χ1v) is 8.68. The second-order valence-electron chi connectivity index (χ2n) is 6.73. The van der Waals surface area contributed by atoms with Crippen molar-refractivity contribution in [2.24, 2.45) is 5.92 Å². The summed E-state index contributed by atoms with van der Waals surface area (Å²) in [5.74, 6) is 0.169. The van der Waals surface area contributed by atoms with Crippen molar-refractivity contribution >= 4 is 30.7 Å². The summed E-state index contributed by atoms with van der Waals surface area (Å²) in [4.78, 5) is 14.6. The Labute approximate surface area is 161 Å². The second kappa shape index (κ2) is 11.0. The van der Waals surface area contributed by atoms with Gasteiger partial charge in [0, 0.05) is 32.2 Å². The number of rotatable bonds is 4. The highest BCUT2D eigenvalue weighted by molar-refractivity contribution is 5.85. The summed E-state index contributed by atoms with van der Waals surface area (Å²) in [6.07, 6.45) is 4.08. The van der Waals surface area contributed by atoms with Crippen molar-refractivity contribution in [3.8, 4) is 0 Å². The number of carbonyl (C=O) groups is 1. The molecule has 1 unspecified atom stereocenters. The Balaban J connectivity index is 0.00000156. The summed E-state index contributed by atoms with van der Waals surface area (Å²) in [6.45, 7) is 4.66. The van der Waals surface area contributed by atoms with Gasteiger partial charge in [0.05, 0.1) is 5.92 Å². The smallest absolute Gasteiger partial charge is 0.224 e. The zero-order chi connectivity index (χ0) is 16.1. The molecule has 0 bridgehead atoms. The van der Waals surface area contributed by atoms with Gasteiger partial charge in [-0.05, 0) is 49.9 Å². The van der Waals surface area contributed by atoms with Crippen molar-refractivity contribution < 1.29 is 9.18 Å². The van der Waals surface area contributed by atoms with Crippen LogP contribution in [0.25, 0.3) is 0 Å².